The number of nitrogens with zero attached hydrogens (tertiary/aromatic N) is 1. The summed E-state index contributed by atoms with van der Waals surface area (Å²) in [5.74, 6) is -4.19. The average Bonchev–Trinajstić information content (AvgIpc) is 2.93. The Balaban J connectivity index is 2.88. The van der Waals surface area contributed by atoms with E-state index < -0.39 is 54.4 Å². The molecule has 23 heavy (non-hydrogen) atoms. The zero-order valence-electron chi connectivity index (χ0n) is 12.6. The monoisotopic (exact) mass is 331 g/mol. The Bertz CT molecular complexity index is 494. The van der Waals surface area contributed by atoms with Gasteiger partial charge in [0.1, 0.15) is 18.1 Å². The van der Waals surface area contributed by atoms with Crippen molar-refractivity contribution in [3.63, 3.8) is 0 Å². The summed E-state index contributed by atoms with van der Waals surface area (Å²) in [6.45, 7) is 1.45. The summed E-state index contributed by atoms with van der Waals surface area (Å²) in [6.07, 6.45) is -1.15. The number of rotatable bonds is 7. The number of aliphatic hydroxyl groups excluding tert-OH is 1. The molecule has 10 nitrogen and oxygen atoms in total. The van der Waals surface area contributed by atoms with Gasteiger partial charge in [-0.05, 0) is 19.8 Å². The number of aliphatic hydroxyl groups is 1. The summed E-state index contributed by atoms with van der Waals surface area (Å²) >= 11 is 0. The molecular weight excluding hydrogens is 310 g/mol. The Labute approximate surface area is 132 Å². The number of aliphatic carboxylic acids is 2. The molecular formula is C13H21N3O7. The van der Waals surface area contributed by atoms with Crippen LogP contribution in [-0.4, -0.2) is 74.7 Å². The summed E-state index contributed by atoms with van der Waals surface area (Å²) in [6, 6.07) is -3.81. The highest BCUT2D eigenvalue weighted by Gasteiger charge is 2.38. The largest absolute Gasteiger partial charge is 0.481 e. The first-order valence-corrected chi connectivity index (χ1v) is 7.14. The first-order valence-electron chi connectivity index (χ1n) is 7.14. The fourth-order valence-corrected chi connectivity index (χ4v) is 2.35. The van der Waals surface area contributed by atoms with Gasteiger partial charge in [-0.3, -0.25) is 14.4 Å². The van der Waals surface area contributed by atoms with Crippen LogP contribution < -0.4 is 11.1 Å². The predicted molar refractivity (Wildman–Crippen MR) is 76.2 cm³/mol. The molecule has 0 saturated carbocycles. The minimum absolute atomic E-state index is 0.171. The second-order valence-corrected chi connectivity index (χ2v) is 5.45. The second kappa shape index (κ2) is 7.88. The molecule has 4 unspecified atom stereocenters. The number of carbonyl (C=O) groups excluding carboxylic acids is 2. The second-order valence-electron chi connectivity index (χ2n) is 5.45. The van der Waals surface area contributed by atoms with Crippen LogP contribution in [0.3, 0.4) is 0 Å². The van der Waals surface area contributed by atoms with Crippen molar-refractivity contribution in [1.29, 1.82) is 0 Å². The minimum atomic E-state index is -1.44. The number of amides is 2. The lowest BCUT2D eigenvalue weighted by Crippen LogP contribution is -2.56. The maximum Gasteiger partial charge on any atom is 0.326 e. The van der Waals surface area contributed by atoms with Crippen LogP contribution in [0.5, 0.6) is 0 Å². The van der Waals surface area contributed by atoms with E-state index in [2.05, 4.69) is 5.32 Å². The van der Waals surface area contributed by atoms with E-state index in [0.29, 0.717) is 6.42 Å². The van der Waals surface area contributed by atoms with E-state index in [1.807, 2.05) is 0 Å². The molecule has 1 rings (SSSR count). The molecule has 2 amide bonds. The number of carbonyl (C=O) groups is 4. The normalized spacial score (nSPS) is 21.3. The molecule has 0 spiro atoms. The Morgan fingerprint density at radius 2 is 1.91 bits per heavy atom. The van der Waals surface area contributed by atoms with Crippen molar-refractivity contribution in [2.24, 2.45) is 5.73 Å². The molecule has 6 N–H and O–H groups in total. The Hall–Kier alpha value is -2.20. The van der Waals surface area contributed by atoms with Crippen LogP contribution in [-0.2, 0) is 19.2 Å². The lowest BCUT2D eigenvalue weighted by molar-refractivity contribution is -0.150. The molecule has 0 aromatic carbocycles. The van der Waals surface area contributed by atoms with Crippen LogP contribution in [0, 0.1) is 0 Å². The standard InChI is InChI=1S/C13H21N3O7/c1-6(17)10(14)11(20)15-7(5-9(18)19)12(21)16-4-2-3-8(16)13(22)23/h6-8,10,17H,2-5,14H2,1H3,(H,15,20)(H,18,19)(H,22,23). The zero-order valence-corrected chi connectivity index (χ0v) is 12.6. The summed E-state index contributed by atoms with van der Waals surface area (Å²) < 4.78 is 0. The molecule has 1 heterocycles. The Kier molecular flexibility index (Phi) is 6.46. The first kappa shape index (κ1) is 18.8. The molecule has 4 atom stereocenters. The predicted octanol–water partition coefficient (Wildman–Crippen LogP) is -2.27. The molecule has 0 aromatic rings. The molecule has 0 radical (unpaired) electrons. The van der Waals surface area contributed by atoms with E-state index >= 15 is 0 Å². The van der Waals surface area contributed by atoms with Gasteiger partial charge in [-0.1, -0.05) is 0 Å². The molecule has 130 valence electrons. The van der Waals surface area contributed by atoms with Gasteiger partial charge in [0.2, 0.25) is 11.8 Å². The smallest absolute Gasteiger partial charge is 0.326 e. The van der Waals surface area contributed by atoms with E-state index in [4.69, 9.17) is 15.9 Å². The summed E-state index contributed by atoms with van der Waals surface area (Å²) in [5.41, 5.74) is 5.44. The highest BCUT2D eigenvalue weighted by atomic mass is 16.4. The van der Waals surface area contributed by atoms with Crippen molar-refractivity contribution >= 4 is 23.8 Å². The van der Waals surface area contributed by atoms with Gasteiger partial charge in [0.25, 0.3) is 0 Å². The number of hydrogen-bond donors (Lipinski definition) is 5. The Morgan fingerprint density at radius 1 is 1.30 bits per heavy atom. The molecule has 1 fully saturated rings. The lowest BCUT2D eigenvalue weighted by Gasteiger charge is -2.27. The van der Waals surface area contributed by atoms with Gasteiger partial charge in [0, 0.05) is 6.54 Å². The summed E-state index contributed by atoms with van der Waals surface area (Å²) in [7, 11) is 0. The number of hydrogen-bond acceptors (Lipinski definition) is 6. The van der Waals surface area contributed by atoms with Crippen molar-refractivity contribution < 1.29 is 34.5 Å². The maximum atomic E-state index is 12.4. The van der Waals surface area contributed by atoms with Crippen LogP contribution in [0.1, 0.15) is 26.2 Å². The topological polar surface area (TPSA) is 170 Å². The minimum Gasteiger partial charge on any atom is -0.481 e. The van der Waals surface area contributed by atoms with Gasteiger partial charge in [-0.2, -0.15) is 0 Å². The summed E-state index contributed by atoms with van der Waals surface area (Å²) in [4.78, 5) is 47.3. The van der Waals surface area contributed by atoms with Gasteiger partial charge in [0.05, 0.1) is 12.5 Å². The van der Waals surface area contributed by atoms with Crippen LogP contribution in [0.2, 0.25) is 0 Å². The van der Waals surface area contributed by atoms with E-state index in [-0.39, 0.29) is 13.0 Å². The molecule has 0 aliphatic carbocycles. The number of nitrogens with two attached hydrogens (primary N) is 1. The molecule has 10 heteroatoms. The molecule has 0 aromatic heterocycles. The van der Waals surface area contributed by atoms with Crippen molar-refractivity contribution in [3.8, 4) is 0 Å². The highest BCUT2D eigenvalue weighted by Crippen LogP contribution is 2.19. The Morgan fingerprint density at radius 3 is 2.39 bits per heavy atom. The molecule has 1 saturated heterocycles. The quantitative estimate of drug-likeness (QED) is 0.347. The third-order valence-corrected chi connectivity index (χ3v) is 3.64. The van der Waals surface area contributed by atoms with Crippen LogP contribution in [0.25, 0.3) is 0 Å². The van der Waals surface area contributed by atoms with Crippen molar-refractivity contribution in [2.45, 2.75) is 50.4 Å². The fourth-order valence-electron chi connectivity index (χ4n) is 2.35. The van der Waals surface area contributed by atoms with Gasteiger partial charge in [-0.25, -0.2) is 4.79 Å². The third-order valence-electron chi connectivity index (χ3n) is 3.64. The van der Waals surface area contributed by atoms with Crippen LogP contribution >= 0.6 is 0 Å². The molecule has 1 aliphatic rings. The van der Waals surface area contributed by atoms with Crippen molar-refractivity contribution in [2.75, 3.05) is 6.54 Å². The van der Waals surface area contributed by atoms with Crippen LogP contribution in [0.4, 0.5) is 0 Å². The van der Waals surface area contributed by atoms with Gasteiger partial charge in [0.15, 0.2) is 0 Å². The van der Waals surface area contributed by atoms with E-state index in [9.17, 15) is 24.3 Å². The fraction of sp³-hybridized carbons (Fsp3) is 0.692. The van der Waals surface area contributed by atoms with Crippen LogP contribution in [0.15, 0.2) is 0 Å². The number of likely N-dealkylation sites (tertiary alicyclic amines) is 1. The van der Waals surface area contributed by atoms with E-state index in [1.54, 1.807) is 0 Å². The third kappa shape index (κ3) is 4.89. The van der Waals surface area contributed by atoms with E-state index in [1.165, 1.54) is 6.92 Å². The SMILES string of the molecule is CC(O)C(N)C(=O)NC(CC(=O)O)C(=O)N1CCCC1C(=O)O. The number of nitrogens with one attached hydrogen (secondary N) is 1. The van der Waals surface area contributed by atoms with Crippen molar-refractivity contribution in [1.82, 2.24) is 10.2 Å². The number of carboxylic acid groups (broad SMARTS) is 2. The average molecular weight is 331 g/mol. The summed E-state index contributed by atoms with van der Waals surface area (Å²) in [5, 5.41) is 29.4. The van der Waals surface area contributed by atoms with Gasteiger partial charge >= 0.3 is 11.9 Å². The maximum absolute atomic E-state index is 12.4. The van der Waals surface area contributed by atoms with Crippen molar-refractivity contribution in [3.05, 3.63) is 0 Å². The molecule has 0 bridgehead atoms. The highest BCUT2D eigenvalue weighted by molar-refractivity contribution is 5.94. The zero-order chi connectivity index (χ0) is 17.7. The lowest BCUT2D eigenvalue weighted by atomic mass is 10.1. The van der Waals surface area contributed by atoms with E-state index in [0.717, 1.165) is 4.90 Å². The number of carboxylic acids is 2. The molecule has 1 aliphatic heterocycles. The van der Waals surface area contributed by atoms with Gasteiger partial charge in [-0.15, -0.1) is 0 Å². The van der Waals surface area contributed by atoms with Gasteiger partial charge < -0.3 is 31.3 Å². The first-order chi connectivity index (χ1) is 10.6.